The molecule has 2 aromatic carbocycles. The Morgan fingerprint density at radius 2 is 1.83 bits per heavy atom. The number of hydrogen-bond donors (Lipinski definition) is 2. The van der Waals surface area contributed by atoms with Crippen molar-refractivity contribution in [3.63, 3.8) is 0 Å². The number of unbranched alkanes of at least 4 members (excludes halogenated alkanes) is 1. The molecule has 29 heavy (non-hydrogen) atoms. The van der Waals surface area contributed by atoms with Crippen molar-refractivity contribution in [2.45, 2.75) is 46.6 Å². The van der Waals surface area contributed by atoms with Crippen molar-refractivity contribution >= 4 is 27.7 Å². The molecule has 0 saturated carbocycles. The van der Waals surface area contributed by atoms with Gasteiger partial charge in [-0.1, -0.05) is 35.3 Å². The molecular weight excluding hydrogens is 436 g/mol. The Labute approximate surface area is 180 Å². The van der Waals surface area contributed by atoms with E-state index in [1.807, 2.05) is 32.0 Å². The van der Waals surface area contributed by atoms with Crippen molar-refractivity contribution < 1.29 is 19.1 Å². The van der Waals surface area contributed by atoms with Gasteiger partial charge in [0, 0.05) is 4.47 Å². The zero-order valence-electron chi connectivity index (χ0n) is 17.2. The zero-order chi connectivity index (χ0) is 21.4. The Morgan fingerprint density at radius 1 is 1.07 bits per heavy atom. The van der Waals surface area contributed by atoms with E-state index in [1.54, 1.807) is 25.1 Å². The summed E-state index contributed by atoms with van der Waals surface area (Å²) >= 11 is 3.35. The largest absolute Gasteiger partial charge is 0.493 e. The summed E-state index contributed by atoms with van der Waals surface area (Å²) in [5.74, 6) is 0.137. The van der Waals surface area contributed by atoms with Crippen LogP contribution in [0.5, 0.6) is 11.5 Å². The molecule has 156 valence electrons. The predicted octanol–water partition coefficient (Wildman–Crippen LogP) is 4.47. The fourth-order valence-electron chi connectivity index (χ4n) is 2.46. The van der Waals surface area contributed by atoms with Crippen LogP contribution in [0.3, 0.4) is 0 Å². The van der Waals surface area contributed by atoms with Crippen molar-refractivity contribution in [1.82, 2.24) is 10.9 Å². The maximum absolute atomic E-state index is 12.6. The number of nitrogens with one attached hydrogen (secondary N) is 2. The molecular formula is C22H27BrN2O4. The predicted molar refractivity (Wildman–Crippen MR) is 116 cm³/mol. The second kappa shape index (κ2) is 10.9. The van der Waals surface area contributed by atoms with Gasteiger partial charge in [-0.05, 0) is 68.7 Å². The van der Waals surface area contributed by atoms with Gasteiger partial charge in [0.2, 0.25) is 0 Å². The van der Waals surface area contributed by atoms with Gasteiger partial charge in [0.1, 0.15) is 11.5 Å². The van der Waals surface area contributed by atoms with E-state index in [9.17, 15) is 9.59 Å². The molecule has 0 fully saturated rings. The van der Waals surface area contributed by atoms with Crippen LogP contribution in [0.1, 0.15) is 48.2 Å². The highest BCUT2D eigenvalue weighted by Crippen LogP contribution is 2.23. The molecule has 0 heterocycles. The number of carbonyl (C=O) groups is 2. The number of halogens is 1. The summed E-state index contributed by atoms with van der Waals surface area (Å²) in [6.45, 7) is 8.19. The molecule has 0 saturated heterocycles. The highest BCUT2D eigenvalue weighted by Gasteiger charge is 2.18. The third-order valence-corrected chi connectivity index (χ3v) is 4.89. The summed E-state index contributed by atoms with van der Waals surface area (Å²) < 4.78 is 12.1. The number of amides is 2. The van der Waals surface area contributed by atoms with Gasteiger partial charge in [0.15, 0.2) is 6.10 Å². The average molecular weight is 463 g/mol. The second-order valence-electron chi connectivity index (χ2n) is 6.79. The summed E-state index contributed by atoms with van der Waals surface area (Å²) in [5, 5.41) is 0. The molecule has 0 spiro atoms. The van der Waals surface area contributed by atoms with E-state index >= 15 is 0 Å². The minimum Gasteiger partial charge on any atom is -0.493 e. The van der Waals surface area contributed by atoms with Gasteiger partial charge in [-0.3, -0.25) is 20.4 Å². The van der Waals surface area contributed by atoms with Crippen molar-refractivity contribution in [1.29, 1.82) is 0 Å². The molecule has 0 bridgehead atoms. The van der Waals surface area contributed by atoms with Crippen LogP contribution in [0.4, 0.5) is 0 Å². The zero-order valence-corrected chi connectivity index (χ0v) is 18.8. The average Bonchev–Trinajstić information content (AvgIpc) is 2.69. The van der Waals surface area contributed by atoms with E-state index in [0.29, 0.717) is 23.7 Å². The first kappa shape index (κ1) is 22.7. The van der Waals surface area contributed by atoms with E-state index in [1.165, 1.54) is 0 Å². The van der Waals surface area contributed by atoms with Gasteiger partial charge in [0.25, 0.3) is 11.8 Å². The smallest absolute Gasteiger partial charge is 0.279 e. The summed E-state index contributed by atoms with van der Waals surface area (Å²) in [4.78, 5) is 24.9. The van der Waals surface area contributed by atoms with E-state index in [0.717, 1.165) is 28.4 Å². The first-order valence-electron chi connectivity index (χ1n) is 9.58. The first-order chi connectivity index (χ1) is 13.8. The minimum atomic E-state index is -0.778. The minimum absolute atomic E-state index is 0.332. The van der Waals surface area contributed by atoms with Crippen molar-refractivity contribution in [2.75, 3.05) is 6.61 Å². The number of ether oxygens (including phenoxy) is 2. The number of carbonyl (C=O) groups excluding carboxylic acids is 2. The molecule has 2 amide bonds. The van der Waals surface area contributed by atoms with E-state index in [-0.39, 0.29) is 0 Å². The topological polar surface area (TPSA) is 76.7 Å². The van der Waals surface area contributed by atoms with Crippen LogP contribution < -0.4 is 20.3 Å². The maximum Gasteiger partial charge on any atom is 0.279 e. The van der Waals surface area contributed by atoms with Crippen molar-refractivity contribution in [3.05, 3.63) is 57.6 Å². The molecule has 2 N–H and O–H groups in total. The molecule has 0 aliphatic heterocycles. The molecule has 1 unspecified atom stereocenters. The first-order valence-corrected chi connectivity index (χ1v) is 10.4. The Balaban J connectivity index is 1.96. The molecule has 0 aliphatic carbocycles. The Morgan fingerprint density at radius 3 is 2.52 bits per heavy atom. The molecule has 0 radical (unpaired) electrons. The van der Waals surface area contributed by atoms with Gasteiger partial charge >= 0.3 is 0 Å². The molecule has 0 aromatic heterocycles. The van der Waals surface area contributed by atoms with Crippen LogP contribution >= 0.6 is 15.9 Å². The summed E-state index contributed by atoms with van der Waals surface area (Å²) in [5.41, 5.74) is 7.39. The third kappa shape index (κ3) is 6.78. The fraction of sp³-hybridized carbons (Fsp3) is 0.364. The molecule has 1 atom stereocenters. The Bertz CT molecular complexity index is 870. The highest BCUT2D eigenvalue weighted by molar-refractivity contribution is 9.10. The number of hydrogen-bond acceptors (Lipinski definition) is 4. The van der Waals surface area contributed by atoms with Gasteiger partial charge in [-0.25, -0.2) is 0 Å². The Hall–Kier alpha value is -2.54. The summed E-state index contributed by atoms with van der Waals surface area (Å²) in [6, 6.07) is 10.8. The lowest BCUT2D eigenvalue weighted by molar-refractivity contribution is -0.128. The summed E-state index contributed by atoms with van der Waals surface area (Å²) in [6.07, 6.45) is 1.11. The van der Waals surface area contributed by atoms with Gasteiger partial charge < -0.3 is 9.47 Å². The van der Waals surface area contributed by atoms with Gasteiger partial charge in [0.05, 0.1) is 12.2 Å². The standard InChI is InChI=1S/C22H27BrN2O4/c1-5-6-11-28-20-10-8-17(23)13-19(20)22(27)25-24-21(26)16(4)29-18-9-7-14(2)15(3)12-18/h7-10,12-13,16H,5-6,11H2,1-4H3,(H,24,26)(H,25,27). The van der Waals surface area contributed by atoms with Crippen LogP contribution in [-0.2, 0) is 4.79 Å². The SMILES string of the molecule is CCCCOc1ccc(Br)cc1C(=O)NNC(=O)C(C)Oc1ccc(C)c(C)c1. The second-order valence-corrected chi connectivity index (χ2v) is 7.71. The van der Waals surface area contributed by atoms with E-state index in [2.05, 4.69) is 33.7 Å². The van der Waals surface area contributed by atoms with Crippen LogP contribution in [0.15, 0.2) is 40.9 Å². The van der Waals surface area contributed by atoms with Crippen LogP contribution in [0.2, 0.25) is 0 Å². The lowest BCUT2D eigenvalue weighted by Crippen LogP contribution is -2.47. The number of aryl methyl sites for hydroxylation is 2. The fourth-order valence-corrected chi connectivity index (χ4v) is 2.83. The molecule has 6 nitrogen and oxygen atoms in total. The number of rotatable bonds is 8. The van der Waals surface area contributed by atoms with E-state index < -0.39 is 17.9 Å². The highest BCUT2D eigenvalue weighted by atomic mass is 79.9. The lowest BCUT2D eigenvalue weighted by atomic mass is 10.1. The normalized spacial score (nSPS) is 11.5. The molecule has 2 rings (SSSR count). The molecule has 7 heteroatoms. The molecule has 0 aliphatic rings. The van der Waals surface area contributed by atoms with E-state index in [4.69, 9.17) is 9.47 Å². The van der Waals surface area contributed by atoms with Gasteiger partial charge in [-0.2, -0.15) is 0 Å². The van der Waals surface area contributed by atoms with Crippen LogP contribution in [0, 0.1) is 13.8 Å². The lowest BCUT2D eigenvalue weighted by Gasteiger charge is -2.17. The van der Waals surface area contributed by atoms with Crippen molar-refractivity contribution in [3.8, 4) is 11.5 Å². The van der Waals surface area contributed by atoms with Crippen LogP contribution in [-0.4, -0.2) is 24.5 Å². The molecule has 2 aromatic rings. The monoisotopic (exact) mass is 462 g/mol. The third-order valence-electron chi connectivity index (χ3n) is 4.40. The summed E-state index contributed by atoms with van der Waals surface area (Å²) in [7, 11) is 0. The van der Waals surface area contributed by atoms with Crippen molar-refractivity contribution in [2.24, 2.45) is 0 Å². The Kier molecular flexibility index (Phi) is 8.51. The quantitative estimate of drug-likeness (QED) is 0.447. The van der Waals surface area contributed by atoms with Gasteiger partial charge in [-0.15, -0.1) is 0 Å². The number of benzene rings is 2. The van der Waals surface area contributed by atoms with Crippen LogP contribution in [0.25, 0.3) is 0 Å². The maximum atomic E-state index is 12.6. The number of hydrazine groups is 1.